The zero-order valence-corrected chi connectivity index (χ0v) is 17.6. The largest absolute Gasteiger partial charge is 0.375 e. The third-order valence-corrected chi connectivity index (χ3v) is 4.96. The molecule has 168 valence electrons. The number of rotatable bonds is 16. The number of hydrogen-bond acceptors (Lipinski definition) is 8. The molecule has 1 rings (SSSR count). The Morgan fingerprint density at radius 1 is 0.500 bits per heavy atom. The molecule has 0 aromatic heterocycles. The molecule has 0 spiro atoms. The van der Waals surface area contributed by atoms with E-state index in [9.17, 15) is 0 Å². The van der Waals surface area contributed by atoms with Crippen molar-refractivity contribution < 1.29 is 18.9 Å². The molecule has 8 N–H and O–H groups in total. The minimum atomic E-state index is -0.190. The lowest BCUT2D eigenvalue weighted by atomic mass is 9.91. The Morgan fingerprint density at radius 3 is 1.14 bits per heavy atom. The van der Waals surface area contributed by atoms with E-state index in [4.69, 9.17) is 41.9 Å². The second-order valence-corrected chi connectivity index (χ2v) is 7.34. The summed E-state index contributed by atoms with van der Waals surface area (Å²) in [5.74, 6) is 0. The number of ether oxygens (including phenoxy) is 4. The highest BCUT2D eigenvalue weighted by atomic mass is 16.6. The van der Waals surface area contributed by atoms with E-state index in [2.05, 4.69) is 0 Å². The summed E-state index contributed by atoms with van der Waals surface area (Å²) in [7, 11) is 0. The van der Waals surface area contributed by atoms with Crippen LogP contribution in [0.3, 0.4) is 0 Å². The maximum Gasteiger partial charge on any atom is 0.112 e. The van der Waals surface area contributed by atoms with E-state index in [1.165, 1.54) is 0 Å². The van der Waals surface area contributed by atoms with Crippen molar-refractivity contribution in [3.05, 3.63) is 0 Å². The molecule has 0 saturated heterocycles. The normalized spacial score (nSPS) is 26.1. The standard InChI is InChI=1S/C20H44N4O4/c21-9-3-13-25-17-7-1-2-8-18(26-14-4-10-22)20(28-16-6-12-24)19(17)27-15-5-11-23/h17-20H,1-16,21-24H2. The van der Waals surface area contributed by atoms with Crippen LogP contribution in [0, 0.1) is 0 Å². The molecule has 4 unspecified atom stereocenters. The van der Waals surface area contributed by atoms with Gasteiger partial charge in [0.1, 0.15) is 12.2 Å². The monoisotopic (exact) mass is 404 g/mol. The van der Waals surface area contributed by atoms with E-state index >= 15 is 0 Å². The lowest BCUT2D eigenvalue weighted by Gasteiger charge is -2.39. The predicted molar refractivity (Wildman–Crippen MR) is 112 cm³/mol. The van der Waals surface area contributed by atoms with Crippen molar-refractivity contribution in [1.29, 1.82) is 0 Å². The maximum absolute atomic E-state index is 6.28. The number of nitrogens with two attached hydrogens (primary N) is 4. The summed E-state index contributed by atoms with van der Waals surface area (Å²) in [5, 5.41) is 0. The van der Waals surface area contributed by atoms with Gasteiger partial charge in [0.05, 0.1) is 12.2 Å². The molecule has 8 heteroatoms. The van der Waals surface area contributed by atoms with E-state index < -0.39 is 0 Å². The van der Waals surface area contributed by atoms with Gasteiger partial charge in [-0.2, -0.15) is 0 Å². The summed E-state index contributed by atoms with van der Waals surface area (Å²) >= 11 is 0. The first-order valence-electron chi connectivity index (χ1n) is 11.0. The van der Waals surface area contributed by atoms with Crippen LogP contribution in [-0.2, 0) is 18.9 Å². The predicted octanol–water partition coefficient (Wildman–Crippen LogP) is 0.496. The lowest BCUT2D eigenvalue weighted by molar-refractivity contribution is -0.186. The van der Waals surface area contributed by atoms with Crippen LogP contribution in [0.2, 0.25) is 0 Å². The van der Waals surface area contributed by atoms with Crippen molar-refractivity contribution in [3.63, 3.8) is 0 Å². The van der Waals surface area contributed by atoms with Gasteiger partial charge in [-0.15, -0.1) is 0 Å². The minimum Gasteiger partial charge on any atom is -0.375 e. The third kappa shape index (κ3) is 10.5. The van der Waals surface area contributed by atoms with Gasteiger partial charge >= 0.3 is 0 Å². The molecule has 0 aliphatic heterocycles. The molecule has 0 bridgehead atoms. The molecule has 28 heavy (non-hydrogen) atoms. The van der Waals surface area contributed by atoms with Gasteiger partial charge in [-0.25, -0.2) is 0 Å². The highest BCUT2D eigenvalue weighted by Gasteiger charge is 2.39. The highest BCUT2D eigenvalue weighted by Crippen LogP contribution is 2.28. The van der Waals surface area contributed by atoms with Crippen molar-refractivity contribution >= 4 is 0 Å². The fourth-order valence-electron chi connectivity index (χ4n) is 3.44. The zero-order valence-electron chi connectivity index (χ0n) is 17.6. The summed E-state index contributed by atoms with van der Waals surface area (Å²) in [6.45, 7) is 4.87. The molecule has 0 radical (unpaired) electrons. The van der Waals surface area contributed by atoms with Crippen LogP contribution >= 0.6 is 0 Å². The Labute approximate surface area is 170 Å². The minimum absolute atomic E-state index is 0.0342. The van der Waals surface area contributed by atoms with Gasteiger partial charge in [0.2, 0.25) is 0 Å². The van der Waals surface area contributed by atoms with Crippen LogP contribution in [0.5, 0.6) is 0 Å². The molecule has 1 fully saturated rings. The Morgan fingerprint density at radius 2 is 0.821 bits per heavy atom. The fourth-order valence-corrected chi connectivity index (χ4v) is 3.44. The summed E-state index contributed by atoms with van der Waals surface area (Å²) in [5.41, 5.74) is 22.6. The average molecular weight is 405 g/mol. The second kappa shape index (κ2) is 17.5. The van der Waals surface area contributed by atoms with Crippen LogP contribution < -0.4 is 22.9 Å². The van der Waals surface area contributed by atoms with Crippen LogP contribution in [0.15, 0.2) is 0 Å². The summed E-state index contributed by atoms with van der Waals surface area (Å²) in [4.78, 5) is 0. The lowest BCUT2D eigenvalue weighted by Crippen LogP contribution is -2.51. The van der Waals surface area contributed by atoms with Crippen LogP contribution in [-0.4, -0.2) is 77.0 Å². The average Bonchev–Trinajstić information content (AvgIpc) is 2.69. The van der Waals surface area contributed by atoms with Crippen molar-refractivity contribution in [1.82, 2.24) is 0 Å². The summed E-state index contributed by atoms with van der Waals surface area (Å²) in [6.07, 6.45) is 6.89. The van der Waals surface area contributed by atoms with Gasteiger partial charge in [-0.1, -0.05) is 12.8 Å². The van der Waals surface area contributed by atoms with Gasteiger partial charge in [-0.05, 0) is 64.7 Å². The molecule has 1 aliphatic carbocycles. The third-order valence-electron chi connectivity index (χ3n) is 4.96. The van der Waals surface area contributed by atoms with Gasteiger partial charge in [0, 0.05) is 26.4 Å². The molecule has 0 heterocycles. The maximum atomic E-state index is 6.28. The summed E-state index contributed by atoms with van der Waals surface area (Å²) < 4.78 is 25.0. The Hall–Kier alpha value is -0.320. The van der Waals surface area contributed by atoms with E-state index in [0.717, 1.165) is 51.4 Å². The van der Waals surface area contributed by atoms with Gasteiger partial charge in [0.15, 0.2) is 0 Å². The quantitative estimate of drug-likeness (QED) is 0.272. The molecule has 1 saturated carbocycles. The first kappa shape index (κ1) is 25.7. The Balaban J connectivity index is 2.91. The molecule has 8 nitrogen and oxygen atoms in total. The first-order chi connectivity index (χ1) is 13.8. The summed E-state index contributed by atoms with van der Waals surface area (Å²) in [6, 6.07) is 0. The van der Waals surface area contributed by atoms with Gasteiger partial charge < -0.3 is 41.9 Å². The van der Waals surface area contributed by atoms with E-state index in [-0.39, 0.29) is 24.4 Å². The molecule has 0 aromatic rings. The smallest absolute Gasteiger partial charge is 0.112 e. The molecular weight excluding hydrogens is 360 g/mol. The first-order valence-corrected chi connectivity index (χ1v) is 11.0. The van der Waals surface area contributed by atoms with Crippen molar-refractivity contribution in [2.45, 2.75) is 75.8 Å². The fraction of sp³-hybridized carbons (Fsp3) is 1.00. The molecule has 4 atom stereocenters. The molecule has 0 aromatic carbocycles. The molecule has 0 amide bonds. The van der Waals surface area contributed by atoms with Crippen molar-refractivity contribution in [2.75, 3.05) is 52.6 Å². The van der Waals surface area contributed by atoms with Crippen molar-refractivity contribution in [2.24, 2.45) is 22.9 Å². The highest BCUT2D eigenvalue weighted by molar-refractivity contribution is 4.88. The molecular formula is C20H44N4O4. The second-order valence-electron chi connectivity index (χ2n) is 7.34. The Bertz CT molecular complexity index is 320. The molecule has 1 aliphatic rings. The SMILES string of the molecule is NCCCOC1CCCCC(OCCCN)C(OCCCN)C1OCCCN. The van der Waals surface area contributed by atoms with Crippen LogP contribution in [0.1, 0.15) is 51.4 Å². The zero-order chi connectivity index (χ0) is 20.5. The van der Waals surface area contributed by atoms with Gasteiger partial charge in [-0.3, -0.25) is 0 Å². The number of hydrogen-bond donors (Lipinski definition) is 4. The van der Waals surface area contributed by atoms with Crippen molar-refractivity contribution in [3.8, 4) is 0 Å². The topological polar surface area (TPSA) is 141 Å². The van der Waals surface area contributed by atoms with E-state index in [0.29, 0.717) is 52.6 Å². The van der Waals surface area contributed by atoms with Crippen LogP contribution in [0.4, 0.5) is 0 Å². The Kier molecular flexibility index (Phi) is 16.1. The van der Waals surface area contributed by atoms with E-state index in [1.807, 2.05) is 0 Å². The van der Waals surface area contributed by atoms with Crippen LogP contribution in [0.25, 0.3) is 0 Å². The van der Waals surface area contributed by atoms with Gasteiger partial charge in [0.25, 0.3) is 0 Å². The van der Waals surface area contributed by atoms with E-state index in [1.54, 1.807) is 0 Å².